The van der Waals surface area contributed by atoms with E-state index in [1.54, 1.807) is 6.92 Å². The Morgan fingerprint density at radius 2 is 1.38 bits per heavy atom. The molecule has 0 aromatic carbocycles. The van der Waals surface area contributed by atoms with E-state index >= 15 is 0 Å². The molecule has 3 rings (SSSR count). The molecule has 5 nitrogen and oxygen atoms in total. The molecule has 0 spiro atoms. The molecule has 5 atom stereocenters. The molecule has 0 aromatic heterocycles. The molecule has 2 N–H and O–H groups in total. The third kappa shape index (κ3) is 10.6. The summed E-state index contributed by atoms with van der Waals surface area (Å²) < 4.78 is 11.9. The average molecular weight is 643 g/mol. The second kappa shape index (κ2) is 15.3. The fourth-order valence-electron chi connectivity index (χ4n) is 7.49. The molecule has 0 saturated heterocycles. The van der Waals surface area contributed by atoms with Crippen LogP contribution in [0.25, 0.3) is 0 Å². The molecular formula is C42H58O5. The second-order valence-corrected chi connectivity index (χ2v) is 15.5. The Bertz CT molecular complexity index is 1470. The SMILES string of the molecule is CC(=O)OC1CC(C)(C)C(=C=CC(C)=CC=CC(C)=CC=CC=C(C)C=CC=C(C)C2C=C3C(C)(C)CC(O)CC3(C)O2)C(C)(O)C1. The summed E-state index contributed by atoms with van der Waals surface area (Å²) in [6.45, 7) is 22.1. The summed E-state index contributed by atoms with van der Waals surface area (Å²) in [5.74, 6) is -0.318. The zero-order valence-electron chi connectivity index (χ0n) is 30.6. The summed E-state index contributed by atoms with van der Waals surface area (Å²) in [4.78, 5) is 11.5. The van der Waals surface area contributed by atoms with E-state index in [4.69, 9.17) is 9.47 Å². The Hall–Kier alpha value is -3.21. The van der Waals surface area contributed by atoms with E-state index in [0.29, 0.717) is 19.3 Å². The molecule has 2 aliphatic carbocycles. The fraction of sp³-hybridized carbons (Fsp3) is 0.524. The zero-order chi connectivity index (χ0) is 35.2. The van der Waals surface area contributed by atoms with Gasteiger partial charge < -0.3 is 19.7 Å². The van der Waals surface area contributed by atoms with Gasteiger partial charge in [0.25, 0.3) is 0 Å². The predicted molar refractivity (Wildman–Crippen MR) is 194 cm³/mol. The van der Waals surface area contributed by atoms with Crippen molar-refractivity contribution >= 4 is 5.97 Å². The number of rotatable bonds is 9. The minimum Gasteiger partial charge on any atom is -0.462 e. The summed E-state index contributed by atoms with van der Waals surface area (Å²) in [6.07, 6.45) is 26.5. The number of hydrogen-bond acceptors (Lipinski definition) is 5. The minimum atomic E-state index is -1.10. The third-order valence-electron chi connectivity index (χ3n) is 9.44. The second-order valence-electron chi connectivity index (χ2n) is 15.5. The van der Waals surface area contributed by atoms with Gasteiger partial charge in [-0.1, -0.05) is 99.6 Å². The van der Waals surface area contributed by atoms with Gasteiger partial charge in [-0.05, 0) is 94.1 Å². The van der Waals surface area contributed by atoms with Crippen LogP contribution in [-0.4, -0.2) is 45.7 Å². The van der Waals surface area contributed by atoms with Crippen LogP contribution in [0.15, 0.2) is 112 Å². The van der Waals surface area contributed by atoms with Crippen LogP contribution >= 0.6 is 0 Å². The molecule has 0 aromatic rings. The largest absolute Gasteiger partial charge is 0.462 e. The van der Waals surface area contributed by atoms with Crippen molar-refractivity contribution in [1.82, 2.24) is 0 Å². The highest BCUT2D eigenvalue weighted by Crippen LogP contribution is 2.52. The highest BCUT2D eigenvalue weighted by atomic mass is 16.5. The summed E-state index contributed by atoms with van der Waals surface area (Å²) in [5.41, 5.74) is 8.03. The van der Waals surface area contributed by atoms with Crippen LogP contribution in [0.3, 0.4) is 0 Å². The van der Waals surface area contributed by atoms with Crippen molar-refractivity contribution in [2.45, 2.75) is 131 Å². The third-order valence-corrected chi connectivity index (χ3v) is 9.44. The van der Waals surface area contributed by atoms with Crippen molar-refractivity contribution in [2.24, 2.45) is 10.8 Å². The quantitative estimate of drug-likeness (QED) is 0.113. The first-order chi connectivity index (χ1) is 21.7. The number of carbonyl (C=O) groups excluding carboxylic acids is 1. The van der Waals surface area contributed by atoms with Crippen molar-refractivity contribution in [3.05, 3.63) is 112 Å². The van der Waals surface area contributed by atoms with Gasteiger partial charge in [0.2, 0.25) is 0 Å². The summed E-state index contributed by atoms with van der Waals surface area (Å²) in [5, 5.41) is 21.5. The van der Waals surface area contributed by atoms with Crippen LogP contribution in [0, 0.1) is 10.8 Å². The van der Waals surface area contributed by atoms with Crippen molar-refractivity contribution in [3.63, 3.8) is 0 Å². The number of esters is 1. The van der Waals surface area contributed by atoms with Gasteiger partial charge in [-0.25, -0.2) is 0 Å². The Balaban J connectivity index is 1.56. The lowest BCUT2D eigenvalue weighted by Crippen LogP contribution is -2.46. The Morgan fingerprint density at radius 1 is 0.809 bits per heavy atom. The number of ether oxygens (including phenoxy) is 2. The maximum atomic E-state index is 11.5. The smallest absolute Gasteiger partial charge is 0.302 e. The van der Waals surface area contributed by atoms with Crippen molar-refractivity contribution in [2.75, 3.05) is 0 Å². The standard InChI is InChI=1S/C42H58O5/c1-29(18-14-19-31(3)22-23-37-40(8,9)27-35(46-33(5)43)28-41(37,10)45)16-12-13-17-30(2)20-15-21-32(4)36-24-38-39(6,7)25-34(44)26-42(38,11)47-36/h12-22,24,34-36,44-45H,25-28H2,1-11H3. The molecule has 0 radical (unpaired) electrons. The molecule has 1 aliphatic heterocycles. The van der Waals surface area contributed by atoms with E-state index in [0.717, 1.165) is 34.3 Å². The number of hydrogen-bond donors (Lipinski definition) is 2. The summed E-state index contributed by atoms with van der Waals surface area (Å²) in [6, 6.07) is 0. The minimum absolute atomic E-state index is 0.0621. The monoisotopic (exact) mass is 642 g/mol. The number of aliphatic hydroxyl groups excluding tert-OH is 1. The van der Waals surface area contributed by atoms with Gasteiger partial charge in [-0.2, -0.15) is 0 Å². The van der Waals surface area contributed by atoms with Gasteiger partial charge in [0.15, 0.2) is 0 Å². The summed E-state index contributed by atoms with van der Waals surface area (Å²) in [7, 11) is 0. The molecule has 5 unspecified atom stereocenters. The molecule has 2 fully saturated rings. The van der Waals surface area contributed by atoms with Crippen LogP contribution in [-0.2, 0) is 14.3 Å². The topological polar surface area (TPSA) is 76.0 Å². The molecule has 256 valence electrons. The van der Waals surface area contributed by atoms with Gasteiger partial charge in [0.05, 0.1) is 23.4 Å². The van der Waals surface area contributed by atoms with Crippen LogP contribution in [0.5, 0.6) is 0 Å². The van der Waals surface area contributed by atoms with Gasteiger partial charge in [-0.3, -0.25) is 4.79 Å². The van der Waals surface area contributed by atoms with E-state index in [2.05, 4.69) is 104 Å². The first-order valence-electron chi connectivity index (χ1n) is 16.9. The molecule has 5 heteroatoms. The molecule has 47 heavy (non-hydrogen) atoms. The number of aliphatic hydroxyl groups is 2. The predicted octanol–water partition coefficient (Wildman–Crippen LogP) is 9.29. The van der Waals surface area contributed by atoms with Crippen LogP contribution in [0.4, 0.5) is 0 Å². The number of allylic oxidation sites excluding steroid dienone is 13. The van der Waals surface area contributed by atoms with Gasteiger partial charge in [-0.15, -0.1) is 5.73 Å². The van der Waals surface area contributed by atoms with E-state index in [1.807, 2.05) is 37.3 Å². The molecule has 0 amide bonds. The lowest BCUT2D eigenvalue weighted by atomic mass is 9.65. The van der Waals surface area contributed by atoms with Crippen molar-refractivity contribution in [3.8, 4) is 0 Å². The lowest BCUT2D eigenvalue weighted by Gasteiger charge is -2.44. The lowest BCUT2D eigenvalue weighted by molar-refractivity contribution is -0.152. The van der Waals surface area contributed by atoms with Crippen LogP contribution in [0.1, 0.15) is 102 Å². The first kappa shape index (κ1) is 38.2. The Labute approximate surface area is 284 Å². The first-order valence-corrected chi connectivity index (χ1v) is 16.9. The molecule has 2 saturated carbocycles. The molecule has 1 heterocycles. The summed E-state index contributed by atoms with van der Waals surface area (Å²) >= 11 is 0. The van der Waals surface area contributed by atoms with Crippen molar-refractivity contribution in [1.29, 1.82) is 0 Å². The van der Waals surface area contributed by atoms with Crippen LogP contribution in [0.2, 0.25) is 0 Å². The van der Waals surface area contributed by atoms with Gasteiger partial charge in [0, 0.05) is 25.3 Å². The average Bonchev–Trinajstić information content (AvgIpc) is 3.27. The van der Waals surface area contributed by atoms with Crippen LogP contribution < -0.4 is 0 Å². The molecular weight excluding hydrogens is 584 g/mol. The highest BCUT2D eigenvalue weighted by molar-refractivity contribution is 5.66. The normalized spacial score (nSPS) is 31.7. The van der Waals surface area contributed by atoms with Crippen molar-refractivity contribution < 1.29 is 24.5 Å². The zero-order valence-corrected chi connectivity index (χ0v) is 30.6. The fourth-order valence-corrected chi connectivity index (χ4v) is 7.49. The van der Waals surface area contributed by atoms with E-state index in [1.165, 1.54) is 12.5 Å². The maximum Gasteiger partial charge on any atom is 0.302 e. The molecule has 3 aliphatic rings. The van der Waals surface area contributed by atoms with E-state index < -0.39 is 11.2 Å². The Morgan fingerprint density at radius 3 is 1.96 bits per heavy atom. The molecule has 0 bridgehead atoms. The number of carbonyl (C=O) groups is 1. The van der Waals surface area contributed by atoms with E-state index in [9.17, 15) is 15.0 Å². The van der Waals surface area contributed by atoms with E-state index in [-0.39, 0.29) is 35.1 Å². The number of fused-ring (bicyclic) bond motifs is 1. The highest BCUT2D eigenvalue weighted by Gasteiger charge is 2.50. The Kier molecular flexibility index (Phi) is 12.5. The maximum absolute atomic E-state index is 11.5. The van der Waals surface area contributed by atoms with Gasteiger partial charge >= 0.3 is 5.97 Å². The van der Waals surface area contributed by atoms with Gasteiger partial charge in [0.1, 0.15) is 6.10 Å².